The Morgan fingerprint density at radius 1 is 1.32 bits per heavy atom. The lowest BCUT2D eigenvalue weighted by molar-refractivity contribution is -0.121. The molecule has 0 aromatic heterocycles. The number of nitrogens with one attached hydrogen (secondary N) is 2. The number of anilines is 2. The first kappa shape index (κ1) is 20.8. The number of rotatable bonds is 8. The third-order valence-corrected chi connectivity index (χ3v) is 5.60. The number of amides is 1. The minimum absolute atomic E-state index is 0.0504. The number of carbonyl (C=O) groups excluding carboxylic acids is 1. The molecule has 2 aromatic carbocycles. The molecular weight excluding hydrogens is 442 g/mol. The van der Waals surface area contributed by atoms with Gasteiger partial charge < -0.3 is 20.3 Å². The average Bonchev–Trinajstić information content (AvgIpc) is 3.16. The summed E-state index contributed by atoms with van der Waals surface area (Å²) in [6.45, 7) is 3.23. The first-order chi connectivity index (χ1) is 13.5. The number of benzene rings is 2. The quantitative estimate of drug-likeness (QED) is 0.599. The van der Waals surface area contributed by atoms with Gasteiger partial charge in [0.05, 0.1) is 12.8 Å². The fourth-order valence-corrected chi connectivity index (χ4v) is 3.94. The van der Waals surface area contributed by atoms with Crippen LogP contribution < -0.4 is 20.3 Å². The number of hydrogen-bond donors (Lipinski definition) is 2. The van der Waals surface area contributed by atoms with Gasteiger partial charge in [0.25, 0.3) is 0 Å². The Kier molecular flexibility index (Phi) is 7.45. The molecule has 1 amide bonds. The van der Waals surface area contributed by atoms with Crippen molar-refractivity contribution >= 4 is 44.8 Å². The topological polar surface area (TPSA) is 53.6 Å². The Labute approximate surface area is 179 Å². The second-order valence-electron chi connectivity index (χ2n) is 6.91. The molecule has 1 saturated heterocycles. The van der Waals surface area contributed by atoms with Gasteiger partial charge in [-0.2, -0.15) is 0 Å². The minimum Gasteiger partial charge on any atom is -0.495 e. The standard InChI is InChI=1S/C21H25BrClN3O2/c1-28-20-6-5-17(23)12-19(20)24-9-7-21(27)25-13-15-8-10-26(14-15)18-4-2-3-16(22)11-18/h2-6,11-12,15,24H,7-10,13-14H2,1H3,(H,25,27). The van der Waals surface area contributed by atoms with E-state index in [4.69, 9.17) is 16.3 Å². The van der Waals surface area contributed by atoms with Crippen molar-refractivity contribution in [3.63, 3.8) is 0 Å². The Morgan fingerprint density at radius 3 is 2.96 bits per heavy atom. The molecule has 5 nitrogen and oxygen atoms in total. The zero-order valence-corrected chi connectivity index (χ0v) is 18.2. The minimum atomic E-state index is 0.0504. The van der Waals surface area contributed by atoms with Gasteiger partial charge in [0.1, 0.15) is 5.75 Å². The van der Waals surface area contributed by atoms with Gasteiger partial charge in [-0.15, -0.1) is 0 Å². The molecule has 2 aromatic rings. The van der Waals surface area contributed by atoms with Crippen LogP contribution in [-0.2, 0) is 4.79 Å². The number of hydrogen-bond acceptors (Lipinski definition) is 4. The summed E-state index contributed by atoms with van der Waals surface area (Å²) in [7, 11) is 1.61. The maximum absolute atomic E-state index is 12.2. The maximum atomic E-state index is 12.2. The van der Waals surface area contributed by atoms with E-state index >= 15 is 0 Å². The van der Waals surface area contributed by atoms with Crippen LogP contribution in [-0.4, -0.2) is 39.2 Å². The van der Waals surface area contributed by atoms with Gasteiger partial charge in [0.15, 0.2) is 0 Å². The monoisotopic (exact) mass is 465 g/mol. The highest BCUT2D eigenvalue weighted by molar-refractivity contribution is 9.10. The summed E-state index contributed by atoms with van der Waals surface area (Å²) >= 11 is 9.54. The SMILES string of the molecule is COc1ccc(Cl)cc1NCCC(=O)NCC1CCN(c2cccc(Br)c2)C1. The van der Waals surface area contributed by atoms with Crippen molar-refractivity contribution in [2.75, 3.05) is 43.5 Å². The predicted octanol–water partition coefficient (Wildman–Crippen LogP) is 4.56. The second kappa shape index (κ2) is 10.0. The second-order valence-corrected chi connectivity index (χ2v) is 8.26. The normalized spacial score (nSPS) is 16.1. The molecule has 1 unspecified atom stereocenters. The van der Waals surface area contributed by atoms with Crippen LogP contribution in [0.3, 0.4) is 0 Å². The number of nitrogens with zero attached hydrogens (tertiary/aromatic N) is 1. The van der Waals surface area contributed by atoms with E-state index < -0.39 is 0 Å². The molecule has 0 aliphatic carbocycles. The molecule has 1 aliphatic heterocycles. The van der Waals surface area contributed by atoms with Crippen molar-refractivity contribution < 1.29 is 9.53 Å². The molecule has 3 rings (SSSR count). The Morgan fingerprint density at radius 2 is 2.18 bits per heavy atom. The van der Waals surface area contributed by atoms with Crippen LogP contribution in [0.2, 0.25) is 5.02 Å². The summed E-state index contributed by atoms with van der Waals surface area (Å²) in [6, 6.07) is 13.7. The zero-order valence-electron chi connectivity index (χ0n) is 15.9. The van der Waals surface area contributed by atoms with Crippen LogP contribution in [0, 0.1) is 5.92 Å². The van der Waals surface area contributed by atoms with E-state index in [1.807, 2.05) is 12.1 Å². The number of carbonyl (C=O) groups is 1. The van der Waals surface area contributed by atoms with Gasteiger partial charge in [0.2, 0.25) is 5.91 Å². The number of halogens is 2. The van der Waals surface area contributed by atoms with Gasteiger partial charge in [-0.25, -0.2) is 0 Å². The maximum Gasteiger partial charge on any atom is 0.221 e. The van der Waals surface area contributed by atoms with Gasteiger partial charge in [-0.3, -0.25) is 4.79 Å². The molecule has 1 heterocycles. The third kappa shape index (κ3) is 5.79. The van der Waals surface area contributed by atoms with E-state index in [1.165, 1.54) is 5.69 Å². The van der Waals surface area contributed by atoms with E-state index in [0.717, 1.165) is 29.7 Å². The molecule has 0 bridgehead atoms. The molecule has 28 heavy (non-hydrogen) atoms. The highest BCUT2D eigenvalue weighted by Crippen LogP contribution is 2.28. The molecule has 1 aliphatic rings. The molecule has 1 atom stereocenters. The molecule has 2 N–H and O–H groups in total. The fourth-order valence-electron chi connectivity index (χ4n) is 3.38. The molecule has 0 radical (unpaired) electrons. The highest BCUT2D eigenvalue weighted by atomic mass is 79.9. The molecule has 150 valence electrons. The van der Waals surface area contributed by atoms with Gasteiger partial charge in [-0.05, 0) is 48.7 Å². The molecule has 7 heteroatoms. The lowest BCUT2D eigenvalue weighted by atomic mass is 10.1. The lowest BCUT2D eigenvalue weighted by Gasteiger charge is -2.19. The van der Waals surface area contributed by atoms with Gasteiger partial charge in [-0.1, -0.05) is 33.6 Å². The Bertz CT molecular complexity index is 818. The first-order valence-electron chi connectivity index (χ1n) is 9.40. The number of ether oxygens (including phenoxy) is 1. The third-order valence-electron chi connectivity index (χ3n) is 4.88. The van der Waals surface area contributed by atoms with Crippen LogP contribution in [0.25, 0.3) is 0 Å². The van der Waals surface area contributed by atoms with Crippen molar-refractivity contribution in [2.45, 2.75) is 12.8 Å². The van der Waals surface area contributed by atoms with Crippen molar-refractivity contribution in [2.24, 2.45) is 5.92 Å². The lowest BCUT2D eigenvalue weighted by Crippen LogP contribution is -2.32. The smallest absolute Gasteiger partial charge is 0.221 e. The van der Waals surface area contributed by atoms with Crippen LogP contribution >= 0.6 is 27.5 Å². The van der Waals surface area contributed by atoms with Crippen LogP contribution in [0.1, 0.15) is 12.8 Å². The Balaban J connectivity index is 1.39. The summed E-state index contributed by atoms with van der Waals surface area (Å²) in [4.78, 5) is 14.5. The summed E-state index contributed by atoms with van der Waals surface area (Å²) in [5.74, 6) is 1.24. The first-order valence-corrected chi connectivity index (χ1v) is 10.6. The highest BCUT2D eigenvalue weighted by Gasteiger charge is 2.23. The van der Waals surface area contributed by atoms with Crippen molar-refractivity contribution in [1.29, 1.82) is 0 Å². The largest absolute Gasteiger partial charge is 0.495 e. The van der Waals surface area contributed by atoms with Gasteiger partial charge in [0, 0.05) is 47.8 Å². The van der Waals surface area contributed by atoms with Crippen molar-refractivity contribution in [1.82, 2.24) is 5.32 Å². The average molecular weight is 467 g/mol. The molecular formula is C21H25BrClN3O2. The van der Waals surface area contributed by atoms with E-state index in [-0.39, 0.29) is 5.91 Å². The van der Waals surface area contributed by atoms with E-state index in [9.17, 15) is 4.79 Å². The molecule has 0 spiro atoms. The molecule has 0 saturated carbocycles. The Hall–Kier alpha value is -1.92. The zero-order chi connectivity index (χ0) is 19.9. The number of methoxy groups -OCH3 is 1. The van der Waals surface area contributed by atoms with E-state index in [0.29, 0.717) is 36.2 Å². The van der Waals surface area contributed by atoms with E-state index in [1.54, 1.807) is 19.2 Å². The summed E-state index contributed by atoms with van der Waals surface area (Å²) in [5, 5.41) is 6.91. The predicted molar refractivity (Wildman–Crippen MR) is 119 cm³/mol. The van der Waals surface area contributed by atoms with E-state index in [2.05, 4.69) is 49.7 Å². The summed E-state index contributed by atoms with van der Waals surface area (Å²) < 4.78 is 6.39. The van der Waals surface area contributed by atoms with Crippen LogP contribution in [0.15, 0.2) is 46.9 Å². The van der Waals surface area contributed by atoms with Crippen LogP contribution in [0.4, 0.5) is 11.4 Å². The summed E-state index contributed by atoms with van der Waals surface area (Å²) in [5.41, 5.74) is 2.02. The molecule has 1 fully saturated rings. The summed E-state index contributed by atoms with van der Waals surface area (Å²) in [6.07, 6.45) is 1.49. The van der Waals surface area contributed by atoms with Crippen LogP contribution in [0.5, 0.6) is 5.75 Å². The van der Waals surface area contributed by atoms with Crippen molar-refractivity contribution in [3.8, 4) is 5.75 Å². The van der Waals surface area contributed by atoms with Crippen molar-refractivity contribution in [3.05, 3.63) is 52.0 Å². The fraction of sp³-hybridized carbons (Fsp3) is 0.381. The van der Waals surface area contributed by atoms with Gasteiger partial charge >= 0.3 is 0 Å².